The van der Waals surface area contributed by atoms with E-state index in [1.807, 2.05) is 13.0 Å². The summed E-state index contributed by atoms with van der Waals surface area (Å²) in [5, 5.41) is 9.79. The fourth-order valence-corrected chi connectivity index (χ4v) is 1.68. The maximum absolute atomic E-state index is 9.79. The minimum Gasteiger partial charge on any atom is -0.390 e. The Morgan fingerprint density at radius 3 is 2.92 bits per heavy atom. The Kier molecular flexibility index (Phi) is 3.29. The summed E-state index contributed by atoms with van der Waals surface area (Å²) in [5.74, 6) is 0. The second kappa shape index (κ2) is 4.06. The number of hydrogen-bond acceptors (Lipinski definition) is 2. The first-order valence-electron chi connectivity index (χ1n) is 4.70. The number of rotatable bonds is 2. The molecule has 0 aromatic carbocycles. The summed E-state index contributed by atoms with van der Waals surface area (Å²) in [6, 6.07) is 0. The predicted molar refractivity (Wildman–Crippen MR) is 51.1 cm³/mol. The van der Waals surface area contributed by atoms with Gasteiger partial charge in [0, 0.05) is 13.1 Å². The smallest absolute Gasteiger partial charge is 0.0632 e. The van der Waals surface area contributed by atoms with E-state index in [1.54, 1.807) is 0 Å². The van der Waals surface area contributed by atoms with Crippen molar-refractivity contribution in [3.8, 4) is 0 Å². The van der Waals surface area contributed by atoms with E-state index < -0.39 is 5.60 Å². The van der Waals surface area contributed by atoms with Gasteiger partial charge in [0.15, 0.2) is 0 Å². The first-order chi connectivity index (χ1) is 5.64. The standard InChI is InChI=1S/C10H19NO/c1-3-7-11-8-4-5-10(2,12)6-9-11/h3,12H,1,4-9H2,2H3. The third kappa shape index (κ3) is 2.95. The predicted octanol–water partition coefficient (Wildman–Crippen LogP) is 1.41. The zero-order valence-electron chi connectivity index (χ0n) is 7.92. The molecule has 1 aliphatic rings. The lowest BCUT2D eigenvalue weighted by Gasteiger charge is -2.21. The average Bonchev–Trinajstić information content (AvgIpc) is 2.14. The Morgan fingerprint density at radius 2 is 2.25 bits per heavy atom. The molecule has 1 N–H and O–H groups in total. The molecule has 0 radical (unpaired) electrons. The maximum Gasteiger partial charge on any atom is 0.0632 e. The lowest BCUT2D eigenvalue weighted by atomic mass is 9.98. The van der Waals surface area contributed by atoms with Crippen molar-refractivity contribution in [1.82, 2.24) is 4.90 Å². The topological polar surface area (TPSA) is 23.5 Å². The molecule has 0 aliphatic carbocycles. The van der Waals surface area contributed by atoms with Crippen LogP contribution in [0.15, 0.2) is 12.7 Å². The van der Waals surface area contributed by atoms with Crippen LogP contribution in [-0.4, -0.2) is 35.2 Å². The van der Waals surface area contributed by atoms with Crippen molar-refractivity contribution in [1.29, 1.82) is 0 Å². The van der Waals surface area contributed by atoms with Crippen LogP contribution >= 0.6 is 0 Å². The van der Waals surface area contributed by atoms with E-state index in [-0.39, 0.29) is 0 Å². The fraction of sp³-hybridized carbons (Fsp3) is 0.800. The first kappa shape index (κ1) is 9.75. The van der Waals surface area contributed by atoms with Gasteiger partial charge in [-0.1, -0.05) is 6.08 Å². The van der Waals surface area contributed by atoms with Gasteiger partial charge in [-0.2, -0.15) is 0 Å². The molecule has 70 valence electrons. The fourth-order valence-electron chi connectivity index (χ4n) is 1.68. The van der Waals surface area contributed by atoms with Gasteiger partial charge in [0.1, 0.15) is 0 Å². The molecule has 1 aliphatic heterocycles. The van der Waals surface area contributed by atoms with Gasteiger partial charge >= 0.3 is 0 Å². The largest absolute Gasteiger partial charge is 0.390 e. The van der Waals surface area contributed by atoms with Crippen molar-refractivity contribution < 1.29 is 5.11 Å². The van der Waals surface area contributed by atoms with Crippen molar-refractivity contribution in [3.63, 3.8) is 0 Å². The lowest BCUT2D eigenvalue weighted by Crippen LogP contribution is -2.28. The van der Waals surface area contributed by atoms with Gasteiger partial charge in [0.05, 0.1) is 5.60 Å². The second-order valence-electron chi connectivity index (χ2n) is 3.94. The maximum atomic E-state index is 9.79. The molecule has 1 fully saturated rings. The minimum absolute atomic E-state index is 0.435. The molecule has 1 rings (SSSR count). The van der Waals surface area contributed by atoms with E-state index in [0.29, 0.717) is 0 Å². The molecule has 2 heteroatoms. The Labute approximate surface area is 74.9 Å². The van der Waals surface area contributed by atoms with Gasteiger partial charge in [-0.3, -0.25) is 4.90 Å². The zero-order valence-corrected chi connectivity index (χ0v) is 7.92. The molecule has 2 nitrogen and oxygen atoms in total. The van der Waals surface area contributed by atoms with E-state index in [4.69, 9.17) is 0 Å². The molecule has 1 unspecified atom stereocenters. The number of nitrogens with zero attached hydrogens (tertiary/aromatic N) is 1. The summed E-state index contributed by atoms with van der Waals surface area (Å²) in [4.78, 5) is 2.34. The third-order valence-electron chi connectivity index (χ3n) is 2.54. The van der Waals surface area contributed by atoms with Gasteiger partial charge < -0.3 is 5.11 Å². The van der Waals surface area contributed by atoms with Gasteiger partial charge in [-0.15, -0.1) is 6.58 Å². The highest BCUT2D eigenvalue weighted by Gasteiger charge is 2.24. The summed E-state index contributed by atoms with van der Waals surface area (Å²) in [6.07, 6.45) is 4.85. The highest BCUT2D eigenvalue weighted by atomic mass is 16.3. The van der Waals surface area contributed by atoms with E-state index in [9.17, 15) is 5.11 Å². The van der Waals surface area contributed by atoms with Crippen LogP contribution in [0.25, 0.3) is 0 Å². The average molecular weight is 169 g/mol. The summed E-state index contributed by atoms with van der Waals surface area (Å²) < 4.78 is 0. The molecular weight excluding hydrogens is 150 g/mol. The molecule has 0 saturated carbocycles. The number of hydrogen-bond donors (Lipinski definition) is 1. The van der Waals surface area contributed by atoms with Crippen LogP contribution in [0.5, 0.6) is 0 Å². The SMILES string of the molecule is C=CCN1CCCC(C)(O)CC1. The molecule has 1 saturated heterocycles. The van der Waals surface area contributed by atoms with Crippen LogP contribution in [0.3, 0.4) is 0 Å². The van der Waals surface area contributed by atoms with Crippen molar-refractivity contribution in [3.05, 3.63) is 12.7 Å². The van der Waals surface area contributed by atoms with Crippen molar-refractivity contribution in [2.75, 3.05) is 19.6 Å². The van der Waals surface area contributed by atoms with Crippen molar-refractivity contribution in [2.45, 2.75) is 31.8 Å². The molecule has 0 bridgehead atoms. The molecule has 0 amide bonds. The van der Waals surface area contributed by atoms with Gasteiger partial charge in [-0.25, -0.2) is 0 Å². The van der Waals surface area contributed by atoms with Crippen molar-refractivity contribution in [2.24, 2.45) is 0 Å². The molecule has 1 heterocycles. The Morgan fingerprint density at radius 1 is 1.50 bits per heavy atom. The summed E-state index contributed by atoms with van der Waals surface area (Å²) in [5.41, 5.74) is -0.435. The summed E-state index contributed by atoms with van der Waals surface area (Å²) >= 11 is 0. The quantitative estimate of drug-likeness (QED) is 0.632. The highest BCUT2D eigenvalue weighted by molar-refractivity contribution is 4.82. The molecule has 0 spiro atoms. The molecule has 0 aromatic rings. The minimum atomic E-state index is -0.435. The molecule has 1 atom stereocenters. The van der Waals surface area contributed by atoms with E-state index in [1.165, 1.54) is 0 Å². The molecule has 0 aromatic heterocycles. The normalized spacial score (nSPS) is 32.8. The van der Waals surface area contributed by atoms with Crippen LogP contribution in [0, 0.1) is 0 Å². The van der Waals surface area contributed by atoms with Crippen LogP contribution < -0.4 is 0 Å². The monoisotopic (exact) mass is 169 g/mol. The first-order valence-corrected chi connectivity index (χ1v) is 4.70. The number of aliphatic hydroxyl groups is 1. The van der Waals surface area contributed by atoms with Crippen LogP contribution in [0.1, 0.15) is 26.2 Å². The summed E-state index contributed by atoms with van der Waals surface area (Å²) in [7, 11) is 0. The van der Waals surface area contributed by atoms with Crippen LogP contribution in [-0.2, 0) is 0 Å². The molecular formula is C10H19NO. The van der Waals surface area contributed by atoms with Crippen molar-refractivity contribution >= 4 is 0 Å². The van der Waals surface area contributed by atoms with E-state index in [0.717, 1.165) is 38.9 Å². The summed E-state index contributed by atoms with van der Waals surface area (Å²) in [6.45, 7) is 8.71. The Hall–Kier alpha value is -0.340. The Balaban J connectivity index is 2.39. The van der Waals surface area contributed by atoms with Gasteiger partial charge in [0.25, 0.3) is 0 Å². The van der Waals surface area contributed by atoms with E-state index >= 15 is 0 Å². The zero-order chi connectivity index (χ0) is 9.03. The highest BCUT2D eigenvalue weighted by Crippen LogP contribution is 2.20. The van der Waals surface area contributed by atoms with Crippen LogP contribution in [0.2, 0.25) is 0 Å². The van der Waals surface area contributed by atoms with E-state index in [2.05, 4.69) is 11.5 Å². The van der Waals surface area contributed by atoms with Gasteiger partial charge in [0.2, 0.25) is 0 Å². The van der Waals surface area contributed by atoms with Gasteiger partial charge in [-0.05, 0) is 32.7 Å². The molecule has 12 heavy (non-hydrogen) atoms. The number of likely N-dealkylation sites (tertiary alicyclic amines) is 1. The lowest BCUT2D eigenvalue weighted by molar-refractivity contribution is 0.0450. The third-order valence-corrected chi connectivity index (χ3v) is 2.54. The Bertz CT molecular complexity index is 154. The second-order valence-corrected chi connectivity index (χ2v) is 3.94. The van der Waals surface area contributed by atoms with Crippen LogP contribution in [0.4, 0.5) is 0 Å².